The second kappa shape index (κ2) is 8.51. The van der Waals surface area contributed by atoms with Crippen LogP contribution in [0.1, 0.15) is 46.5 Å². The highest BCUT2D eigenvalue weighted by atomic mass is 16.1. The number of hydrogen-bond acceptors (Lipinski definition) is 2. The molecule has 94 valence electrons. The summed E-state index contributed by atoms with van der Waals surface area (Å²) in [4.78, 5) is 11.3. The first-order valence-electron chi connectivity index (χ1n) is 6.37. The number of carbonyl (C=O) groups excluding carboxylic acids is 1. The van der Waals surface area contributed by atoms with E-state index in [0.29, 0.717) is 11.8 Å². The van der Waals surface area contributed by atoms with Crippen molar-refractivity contribution >= 4 is 5.78 Å². The van der Waals surface area contributed by atoms with Crippen molar-refractivity contribution in [2.24, 2.45) is 11.8 Å². The Kier molecular flexibility index (Phi) is 8.18. The van der Waals surface area contributed by atoms with Gasteiger partial charge in [0, 0.05) is 0 Å². The summed E-state index contributed by atoms with van der Waals surface area (Å²) in [6.07, 6.45) is 4.47. The lowest BCUT2D eigenvalue weighted by Crippen LogP contribution is -2.18. The third-order valence-corrected chi connectivity index (χ3v) is 3.14. The van der Waals surface area contributed by atoms with E-state index >= 15 is 0 Å². The zero-order valence-corrected chi connectivity index (χ0v) is 11.3. The second-order valence-electron chi connectivity index (χ2n) is 4.81. The molecule has 0 spiro atoms. The molecule has 0 saturated heterocycles. The van der Waals surface area contributed by atoms with E-state index in [2.05, 4.69) is 25.7 Å². The van der Waals surface area contributed by atoms with Crippen LogP contribution >= 0.6 is 0 Å². The lowest BCUT2D eigenvalue weighted by Gasteiger charge is -2.19. The van der Waals surface area contributed by atoms with Crippen LogP contribution in [0, 0.1) is 11.8 Å². The summed E-state index contributed by atoms with van der Waals surface area (Å²) in [6, 6.07) is 0. The van der Waals surface area contributed by atoms with E-state index in [0.717, 1.165) is 37.8 Å². The van der Waals surface area contributed by atoms with Crippen molar-refractivity contribution in [1.82, 2.24) is 5.32 Å². The Morgan fingerprint density at radius 3 is 2.38 bits per heavy atom. The van der Waals surface area contributed by atoms with Crippen LogP contribution in [0.25, 0.3) is 0 Å². The van der Waals surface area contributed by atoms with Crippen molar-refractivity contribution in [1.29, 1.82) is 0 Å². The molecule has 2 atom stereocenters. The fraction of sp³-hybridized carbons (Fsp3) is 0.786. The Balaban J connectivity index is 4.13. The molecule has 0 aliphatic rings. The summed E-state index contributed by atoms with van der Waals surface area (Å²) in [5.74, 6) is 1.21. The molecule has 0 fully saturated rings. The fourth-order valence-electron chi connectivity index (χ4n) is 2.06. The zero-order valence-electron chi connectivity index (χ0n) is 11.3. The van der Waals surface area contributed by atoms with Crippen molar-refractivity contribution in [3.05, 3.63) is 12.2 Å². The maximum atomic E-state index is 11.3. The highest BCUT2D eigenvalue weighted by Crippen LogP contribution is 2.24. The van der Waals surface area contributed by atoms with E-state index in [-0.39, 0.29) is 5.78 Å². The lowest BCUT2D eigenvalue weighted by atomic mass is 9.86. The predicted octanol–water partition coefficient (Wildman–Crippen LogP) is 3.18. The second-order valence-corrected chi connectivity index (χ2v) is 4.81. The van der Waals surface area contributed by atoms with E-state index in [1.54, 1.807) is 6.92 Å². The highest BCUT2D eigenvalue weighted by molar-refractivity contribution is 5.93. The number of Topliss-reactive ketones (excluding diaryl/α,β-unsaturated/α-hetero) is 1. The van der Waals surface area contributed by atoms with E-state index < -0.39 is 0 Å². The molecule has 16 heavy (non-hydrogen) atoms. The average molecular weight is 225 g/mol. The van der Waals surface area contributed by atoms with Crippen molar-refractivity contribution in [2.45, 2.75) is 46.5 Å². The molecule has 0 heterocycles. The van der Waals surface area contributed by atoms with E-state index in [1.165, 1.54) is 0 Å². The molecule has 0 aromatic rings. The molecule has 0 bridgehead atoms. The molecule has 2 unspecified atom stereocenters. The van der Waals surface area contributed by atoms with E-state index in [9.17, 15) is 4.79 Å². The van der Waals surface area contributed by atoms with Crippen LogP contribution in [0.2, 0.25) is 0 Å². The van der Waals surface area contributed by atoms with Gasteiger partial charge in [-0.1, -0.05) is 26.8 Å². The van der Waals surface area contributed by atoms with Crippen molar-refractivity contribution in [3.63, 3.8) is 0 Å². The Labute approximate surface area is 101 Å². The van der Waals surface area contributed by atoms with Gasteiger partial charge in [-0.3, -0.25) is 4.79 Å². The minimum atomic E-state index is 0.153. The summed E-state index contributed by atoms with van der Waals surface area (Å²) >= 11 is 0. The van der Waals surface area contributed by atoms with Gasteiger partial charge >= 0.3 is 0 Å². The van der Waals surface area contributed by atoms with Gasteiger partial charge in [0.05, 0.1) is 0 Å². The summed E-state index contributed by atoms with van der Waals surface area (Å²) in [5, 5.41) is 3.19. The number of ketones is 1. The SMILES string of the molecule is C=C(C(C)=O)C(CCC)CCC(C)CNC. The molecule has 0 aromatic carbocycles. The molecular weight excluding hydrogens is 198 g/mol. The lowest BCUT2D eigenvalue weighted by molar-refractivity contribution is -0.114. The van der Waals surface area contributed by atoms with Crippen LogP contribution in [-0.4, -0.2) is 19.4 Å². The molecule has 0 aromatic heterocycles. The van der Waals surface area contributed by atoms with Crippen LogP contribution in [0.4, 0.5) is 0 Å². The van der Waals surface area contributed by atoms with Gasteiger partial charge in [-0.05, 0) is 57.2 Å². The van der Waals surface area contributed by atoms with Gasteiger partial charge in [-0.2, -0.15) is 0 Å². The van der Waals surface area contributed by atoms with Crippen molar-refractivity contribution in [3.8, 4) is 0 Å². The Hall–Kier alpha value is -0.630. The van der Waals surface area contributed by atoms with Gasteiger partial charge in [0.2, 0.25) is 0 Å². The minimum Gasteiger partial charge on any atom is -0.319 e. The maximum Gasteiger partial charge on any atom is 0.155 e. The van der Waals surface area contributed by atoms with Crippen LogP contribution in [0.5, 0.6) is 0 Å². The van der Waals surface area contributed by atoms with Crippen molar-refractivity contribution in [2.75, 3.05) is 13.6 Å². The fourth-order valence-corrected chi connectivity index (χ4v) is 2.06. The first-order valence-corrected chi connectivity index (χ1v) is 6.37. The van der Waals surface area contributed by atoms with Crippen molar-refractivity contribution < 1.29 is 4.79 Å². The van der Waals surface area contributed by atoms with Gasteiger partial charge in [0.15, 0.2) is 5.78 Å². The Morgan fingerprint density at radius 1 is 1.31 bits per heavy atom. The van der Waals surface area contributed by atoms with Gasteiger partial charge in [0.1, 0.15) is 0 Å². The normalized spacial score (nSPS) is 14.5. The number of allylic oxidation sites excluding steroid dienone is 1. The van der Waals surface area contributed by atoms with Crippen LogP contribution < -0.4 is 5.32 Å². The molecule has 0 radical (unpaired) electrons. The summed E-state index contributed by atoms with van der Waals surface area (Å²) in [7, 11) is 1.98. The number of hydrogen-bond donors (Lipinski definition) is 1. The number of nitrogens with one attached hydrogen (secondary N) is 1. The van der Waals surface area contributed by atoms with Gasteiger partial charge in [-0.25, -0.2) is 0 Å². The van der Waals surface area contributed by atoms with Crippen LogP contribution in [0.15, 0.2) is 12.2 Å². The zero-order chi connectivity index (χ0) is 12.6. The molecule has 2 heteroatoms. The van der Waals surface area contributed by atoms with Gasteiger partial charge in [-0.15, -0.1) is 0 Å². The molecular formula is C14H27NO. The molecule has 0 aliphatic carbocycles. The van der Waals surface area contributed by atoms with E-state index in [4.69, 9.17) is 0 Å². The largest absolute Gasteiger partial charge is 0.319 e. The smallest absolute Gasteiger partial charge is 0.155 e. The molecule has 0 rings (SSSR count). The highest BCUT2D eigenvalue weighted by Gasteiger charge is 2.16. The summed E-state index contributed by atoms with van der Waals surface area (Å²) in [5.41, 5.74) is 0.818. The summed E-state index contributed by atoms with van der Waals surface area (Å²) in [6.45, 7) is 11.0. The third-order valence-electron chi connectivity index (χ3n) is 3.14. The third kappa shape index (κ3) is 6.06. The van der Waals surface area contributed by atoms with Crippen LogP contribution in [-0.2, 0) is 4.79 Å². The molecule has 0 amide bonds. The first-order chi connectivity index (χ1) is 7.52. The first kappa shape index (κ1) is 15.4. The summed E-state index contributed by atoms with van der Waals surface area (Å²) < 4.78 is 0. The molecule has 0 saturated carbocycles. The topological polar surface area (TPSA) is 29.1 Å². The quantitative estimate of drug-likeness (QED) is 0.611. The van der Waals surface area contributed by atoms with Gasteiger partial charge in [0.25, 0.3) is 0 Å². The number of carbonyl (C=O) groups is 1. The monoisotopic (exact) mass is 225 g/mol. The van der Waals surface area contributed by atoms with Crippen LogP contribution in [0.3, 0.4) is 0 Å². The number of rotatable bonds is 9. The van der Waals surface area contributed by atoms with E-state index in [1.807, 2.05) is 7.05 Å². The molecule has 1 N–H and O–H groups in total. The average Bonchev–Trinajstić information content (AvgIpc) is 2.23. The Morgan fingerprint density at radius 2 is 1.94 bits per heavy atom. The molecule has 0 aliphatic heterocycles. The van der Waals surface area contributed by atoms with Gasteiger partial charge < -0.3 is 5.32 Å². The predicted molar refractivity (Wildman–Crippen MR) is 70.5 cm³/mol. The minimum absolute atomic E-state index is 0.153. The maximum absolute atomic E-state index is 11.3. The Bertz CT molecular complexity index is 223. The standard InChI is InChI=1S/C14H27NO/c1-6-7-14(12(3)13(4)16)9-8-11(2)10-15-5/h11,14-15H,3,6-10H2,1-2,4-5H3. The molecule has 2 nitrogen and oxygen atoms in total.